The summed E-state index contributed by atoms with van der Waals surface area (Å²) in [6, 6.07) is 9.59. The van der Waals surface area contributed by atoms with Gasteiger partial charge in [0.2, 0.25) is 0 Å². The molecule has 1 aromatic carbocycles. The normalized spacial score (nSPS) is 13.1. The van der Waals surface area contributed by atoms with E-state index in [-0.39, 0.29) is 12.1 Å². The first kappa shape index (κ1) is 25.7. The van der Waals surface area contributed by atoms with Gasteiger partial charge >= 0.3 is 0 Å². The number of benzene rings is 1. The van der Waals surface area contributed by atoms with E-state index in [0.717, 1.165) is 54.3 Å². The molecule has 0 saturated carbocycles. The van der Waals surface area contributed by atoms with E-state index in [1.807, 2.05) is 31.2 Å². The maximum Gasteiger partial charge on any atom is 0.176 e. The first-order valence-corrected chi connectivity index (χ1v) is 12.0. The van der Waals surface area contributed by atoms with Crippen LogP contribution in [0, 0.1) is 6.92 Å². The molecule has 0 saturated heterocycles. The molecule has 0 aliphatic carbocycles. The number of unbranched alkanes of at least 4 members (excludes halogenated alkanes) is 2. The van der Waals surface area contributed by atoms with E-state index >= 15 is 0 Å². The van der Waals surface area contributed by atoms with Crippen molar-refractivity contribution in [1.29, 1.82) is 0 Å². The van der Waals surface area contributed by atoms with Crippen molar-refractivity contribution >= 4 is 0 Å². The molecule has 3 rings (SSSR count). The Morgan fingerprint density at radius 3 is 2.62 bits per heavy atom. The molecule has 1 N–H and O–H groups in total. The van der Waals surface area contributed by atoms with Crippen LogP contribution >= 0.6 is 0 Å². The van der Waals surface area contributed by atoms with Gasteiger partial charge in [-0.3, -0.25) is 5.32 Å². The van der Waals surface area contributed by atoms with Gasteiger partial charge in [0.1, 0.15) is 17.6 Å². The number of hydrogen-bond donors (Lipinski definition) is 1. The Kier molecular flexibility index (Phi) is 9.90. The molecule has 9 nitrogen and oxygen atoms in total. The number of furan rings is 1. The van der Waals surface area contributed by atoms with Crippen molar-refractivity contribution < 1.29 is 18.6 Å². The van der Waals surface area contributed by atoms with Crippen molar-refractivity contribution in [2.24, 2.45) is 0 Å². The number of tetrazole rings is 1. The van der Waals surface area contributed by atoms with Gasteiger partial charge < -0.3 is 18.6 Å². The van der Waals surface area contributed by atoms with E-state index in [1.165, 1.54) is 0 Å². The van der Waals surface area contributed by atoms with E-state index in [0.29, 0.717) is 25.6 Å². The number of rotatable bonds is 15. The second kappa shape index (κ2) is 13.1. The zero-order valence-electron chi connectivity index (χ0n) is 20.9. The van der Waals surface area contributed by atoms with Crippen molar-refractivity contribution in [2.45, 2.75) is 65.1 Å². The molecular formula is C25H37N5O4. The van der Waals surface area contributed by atoms with Crippen LogP contribution < -0.4 is 14.8 Å². The van der Waals surface area contributed by atoms with Crippen LogP contribution in [-0.2, 0) is 11.3 Å². The van der Waals surface area contributed by atoms with Crippen molar-refractivity contribution in [1.82, 2.24) is 25.5 Å². The van der Waals surface area contributed by atoms with Gasteiger partial charge in [0.15, 0.2) is 17.3 Å². The summed E-state index contributed by atoms with van der Waals surface area (Å²) in [5, 5.41) is 16.1. The molecule has 34 heavy (non-hydrogen) atoms. The lowest BCUT2D eigenvalue weighted by molar-refractivity contribution is 0.188. The highest BCUT2D eigenvalue weighted by Crippen LogP contribution is 2.32. The third kappa shape index (κ3) is 6.80. The van der Waals surface area contributed by atoms with Gasteiger partial charge in [-0.2, -0.15) is 0 Å². The van der Waals surface area contributed by atoms with E-state index < -0.39 is 0 Å². The number of methoxy groups -OCH3 is 2. The summed E-state index contributed by atoms with van der Waals surface area (Å²) < 4.78 is 24.5. The fourth-order valence-electron chi connectivity index (χ4n) is 3.78. The van der Waals surface area contributed by atoms with Crippen LogP contribution in [0.3, 0.4) is 0 Å². The first-order valence-electron chi connectivity index (χ1n) is 12.0. The van der Waals surface area contributed by atoms with Crippen molar-refractivity contribution in [3.63, 3.8) is 0 Å². The Morgan fingerprint density at radius 2 is 1.91 bits per heavy atom. The number of nitrogens with one attached hydrogen (secondary N) is 1. The van der Waals surface area contributed by atoms with Crippen molar-refractivity contribution in [3.05, 3.63) is 53.2 Å². The van der Waals surface area contributed by atoms with Gasteiger partial charge in [0, 0.05) is 26.3 Å². The Morgan fingerprint density at radius 1 is 1.06 bits per heavy atom. The third-order valence-electron chi connectivity index (χ3n) is 5.69. The number of nitrogens with zero attached hydrogens (tertiary/aromatic N) is 4. The average Bonchev–Trinajstić information content (AvgIpc) is 3.49. The molecule has 2 atom stereocenters. The van der Waals surface area contributed by atoms with Gasteiger partial charge in [-0.1, -0.05) is 25.8 Å². The molecule has 3 aromatic rings. The molecular weight excluding hydrogens is 434 g/mol. The predicted molar refractivity (Wildman–Crippen MR) is 129 cm³/mol. The van der Waals surface area contributed by atoms with Gasteiger partial charge in [0.05, 0.1) is 13.7 Å². The highest BCUT2D eigenvalue weighted by molar-refractivity contribution is 5.44. The van der Waals surface area contributed by atoms with Crippen LogP contribution in [0.15, 0.2) is 34.7 Å². The maximum atomic E-state index is 5.97. The SMILES string of the molecule is CCCCCOc1ccc(C(C)NC(c2ccc(C)o2)c2nnnn2CCCOC)cc1OC. The van der Waals surface area contributed by atoms with Crippen molar-refractivity contribution in [2.75, 3.05) is 27.4 Å². The zero-order chi connectivity index (χ0) is 24.3. The molecule has 0 radical (unpaired) electrons. The number of hydrogen-bond acceptors (Lipinski definition) is 8. The smallest absolute Gasteiger partial charge is 0.176 e. The average molecular weight is 472 g/mol. The minimum absolute atomic E-state index is 0.0393. The molecule has 2 heterocycles. The molecule has 186 valence electrons. The summed E-state index contributed by atoms with van der Waals surface area (Å²) in [4.78, 5) is 0. The van der Waals surface area contributed by atoms with E-state index in [4.69, 9.17) is 18.6 Å². The van der Waals surface area contributed by atoms with Gasteiger partial charge in [-0.05, 0) is 66.9 Å². The molecule has 0 aliphatic heterocycles. The molecule has 0 amide bonds. The van der Waals surface area contributed by atoms with Crippen molar-refractivity contribution in [3.8, 4) is 11.5 Å². The number of aryl methyl sites for hydroxylation is 2. The summed E-state index contributed by atoms with van der Waals surface area (Å²) in [7, 11) is 3.35. The van der Waals surface area contributed by atoms with Crippen LogP contribution in [0.5, 0.6) is 11.5 Å². The quantitative estimate of drug-likeness (QED) is 0.321. The lowest BCUT2D eigenvalue weighted by atomic mass is 10.1. The molecule has 2 aromatic heterocycles. The maximum absolute atomic E-state index is 5.97. The third-order valence-corrected chi connectivity index (χ3v) is 5.69. The molecule has 0 spiro atoms. The standard InChI is InChI=1S/C25H37N5O4/c1-6-7-8-16-33-21-13-11-20(17-23(21)32-5)19(3)26-24(22-12-10-18(2)34-22)25-27-28-29-30(25)14-9-15-31-4/h10-13,17,19,24,26H,6-9,14-16H2,1-5H3. The lowest BCUT2D eigenvalue weighted by Gasteiger charge is -2.22. The largest absolute Gasteiger partial charge is 0.493 e. The summed E-state index contributed by atoms with van der Waals surface area (Å²) in [5.74, 6) is 3.77. The second-order valence-electron chi connectivity index (χ2n) is 8.34. The molecule has 0 fully saturated rings. The molecule has 0 aliphatic rings. The molecule has 0 bridgehead atoms. The summed E-state index contributed by atoms with van der Waals surface area (Å²) in [5.41, 5.74) is 1.06. The molecule has 9 heteroatoms. The summed E-state index contributed by atoms with van der Waals surface area (Å²) in [6.07, 6.45) is 4.15. The van der Waals surface area contributed by atoms with Crippen LogP contribution in [0.4, 0.5) is 0 Å². The van der Waals surface area contributed by atoms with Gasteiger partial charge in [0.25, 0.3) is 0 Å². The van der Waals surface area contributed by atoms with Crippen LogP contribution in [0.1, 0.15) is 74.5 Å². The summed E-state index contributed by atoms with van der Waals surface area (Å²) >= 11 is 0. The number of aromatic nitrogens is 4. The van der Waals surface area contributed by atoms with E-state index in [2.05, 4.69) is 40.8 Å². The first-order chi connectivity index (χ1) is 16.6. The highest BCUT2D eigenvalue weighted by atomic mass is 16.5. The van der Waals surface area contributed by atoms with Crippen LogP contribution in [0.2, 0.25) is 0 Å². The number of ether oxygens (including phenoxy) is 3. The zero-order valence-corrected chi connectivity index (χ0v) is 20.9. The van der Waals surface area contributed by atoms with E-state index in [9.17, 15) is 0 Å². The highest BCUT2D eigenvalue weighted by Gasteiger charge is 2.26. The Hall–Kier alpha value is -2.91. The fourth-order valence-corrected chi connectivity index (χ4v) is 3.78. The van der Waals surface area contributed by atoms with Crippen LogP contribution in [-0.4, -0.2) is 47.6 Å². The lowest BCUT2D eigenvalue weighted by Crippen LogP contribution is -2.28. The minimum atomic E-state index is -0.322. The predicted octanol–water partition coefficient (Wildman–Crippen LogP) is 4.63. The van der Waals surface area contributed by atoms with E-state index in [1.54, 1.807) is 18.9 Å². The fraction of sp³-hybridized carbons (Fsp3) is 0.560. The topological polar surface area (TPSA) is 96.5 Å². The summed E-state index contributed by atoms with van der Waals surface area (Å²) in [6.45, 7) is 8.18. The van der Waals surface area contributed by atoms with Gasteiger partial charge in [-0.15, -0.1) is 5.10 Å². The Balaban J connectivity index is 1.80. The van der Waals surface area contributed by atoms with Crippen LogP contribution in [0.25, 0.3) is 0 Å². The van der Waals surface area contributed by atoms with Gasteiger partial charge in [-0.25, -0.2) is 4.68 Å². The monoisotopic (exact) mass is 471 g/mol. The Bertz CT molecular complexity index is 1000. The minimum Gasteiger partial charge on any atom is -0.493 e. The molecule has 2 unspecified atom stereocenters. The second-order valence-corrected chi connectivity index (χ2v) is 8.34. The Labute approximate surface area is 201 Å².